The lowest BCUT2D eigenvalue weighted by Crippen LogP contribution is -2.23. The molecule has 1 aromatic heterocycles. The van der Waals surface area contributed by atoms with Crippen molar-refractivity contribution in [3.63, 3.8) is 0 Å². The number of aromatic nitrogens is 1. The number of aromatic amines is 1. The second-order valence-corrected chi connectivity index (χ2v) is 5.57. The Balaban J connectivity index is 1.89. The Morgan fingerprint density at radius 2 is 1.96 bits per heavy atom. The van der Waals surface area contributed by atoms with Gasteiger partial charge in [0.1, 0.15) is 5.82 Å². The van der Waals surface area contributed by atoms with Gasteiger partial charge in [-0.1, -0.05) is 17.7 Å². The van der Waals surface area contributed by atoms with Gasteiger partial charge in [0, 0.05) is 27.8 Å². The molecule has 2 N–H and O–H groups in total. The van der Waals surface area contributed by atoms with Crippen molar-refractivity contribution in [2.45, 2.75) is 6.92 Å². The molecule has 116 valence electrons. The predicted molar refractivity (Wildman–Crippen MR) is 87.4 cm³/mol. The molecule has 1 amide bonds. The van der Waals surface area contributed by atoms with Gasteiger partial charge in [-0.25, -0.2) is 4.39 Å². The largest absolute Gasteiger partial charge is 0.360 e. The number of carbonyl (C=O) groups is 2. The van der Waals surface area contributed by atoms with Crippen molar-refractivity contribution in [2.24, 2.45) is 0 Å². The second-order valence-electron chi connectivity index (χ2n) is 5.13. The third-order valence-electron chi connectivity index (χ3n) is 3.54. The summed E-state index contributed by atoms with van der Waals surface area (Å²) in [6, 6.07) is 9.00. The summed E-state index contributed by atoms with van der Waals surface area (Å²) in [6.07, 6.45) is 1.40. The van der Waals surface area contributed by atoms with E-state index in [1.165, 1.54) is 24.4 Å². The maximum Gasteiger partial charge on any atom is 0.296 e. The molecule has 3 rings (SSSR count). The molecule has 1 heterocycles. The monoisotopic (exact) mass is 330 g/mol. The first-order chi connectivity index (χ1) is 11.0. The number of carbonyl (C=O) groups excluding carboxylic acids is 2. The number of hydrogen-bond acceptors (Lipinski definition) is 2. The van der Waals surface area contributed by atoms with Crippen LogP contribution < -0.4 is 5.32 Å². The smallest absolute Gasteiger partial charge is 0.296 e. The number of amides is 1. The van der Waals surface area contributed by atoms with Crippen LogP contribution in [0.15, 0.2) is 42.6 Å². The lowest BCUT2D eigenvalue weighted by atomic mass is 10.1. The summed E-state index contributed by atoms with van der Waals surface area (Å²) < 4.78 is 13.2. The minimum Gasteiger partial charge on any atom is -0.360 e. The minimum absolute atomic E-state index is 0.192. The summed E-state index contributed by atoms with van der Waals surface area (Å²) in [5.41, 5.74) is 1.91. The Morgan fingerprint density at radius 1 is 1.17 bits per heavy atom. The Bertz CT molecular complexity index is 933. The number of hydrogen-bond donors (Lipinski definition) is 2. The molecular formula is C17H12ClFN2O2. The summed E-state index contributed by atoms with van der Waals surface area (Å²) in [5.74, 6) is -1.90. The average Bonchev–Trinajstić information content (AvgIpc) is 2.93. The van der Waals surface area contributed by atoms with Gasteiger partial charge in [0.05, 0.1) is 5.56 Å². The Hall–Kier alpha value is -2.66. The zero-order chi connectivity index (χ0) is 16.6. The Kier molecular flexibility index (Phi) is 3.88. The van der Waals surface area contributed by atoms with Crippen LogP contribution in [0.25, 0.3) is 10.9 Å². The Labute approximate surface area is 136 Å². The zero-order valence-electron chi connectivity index (χ0n) is 12.1. The number of benzene rings is 2. The van der Waals surface area contributed by atoms with Gasteiger partial charge in [-0.15, -0.1) is 0 Å². The molecule has 0 atom stereocenters. The molecule has 0 bridgehead atoms. The van der Waals surface area contributed by atoms with Crippen LogP contribution in [0.3, 0.4) is 0 Å². The van der Waals surface area contributed by atoms with Gasteiger partial charge < -0.3 is 10.3 Å². The van der Waals surface area contributed by atoms with Crippen molar-refractivity contribution in [3.05, 3.63) is 64.6 Å². The molecule has 0 radical (unpaired) electrons. The van der Waals surface area contributed by atoms with Crippen LogP contribution in [0, 0.1) is 12.7 Å². The van der Waals surface area contributed by atoms with E-state index in [-0.39, 0.29) is 5.56 Å². The fourth-order valence-electron chi connectivity index (χ4n) is 2.32. The number of Topliss-reactive ketones (excluding diaryl/α,β-unsaturated/α-hetero) is 1. The van der Waals surface area contributed by atoms with Crippen LogP contribution in [0.5, 0.6) is 0 Å². The highest BCUT2D eigenvalue weighted by molar-refractivity contribution is 6.48. The lowest BCUT2D eigenvalue weighted by molar-refractivity contribution is -0.112. The van der Waals surface area contributed by atoms with Gasteiger partial charge in [0.2, 0.25) is 0 Å². The first kappa shape index (κ1) is 15.2. The highest BCUT2D eigenvalue weighted by Gasteiger charge is 2.20. The van der Waals surface area contributed by atoms with Gasteiger partial charge in [-0.2, -0.15) is 0 Å². The van der Waals surface area contributed by atoms with E-state index in [2.05, 4.69) is 10.3 Å². The molecule has 2 aromatic carbocycles. The summed E-state index contributed by atoms with van der Waals surface area (Å²) in [4.78, 5) is 27.3. The van der Waals surface area contributed by atoms with E-state index in [4.69, 9.17) is 11.6 Å². The van der Waals surface area contributed by atoms with Gasteiger partial charge >= 0.3 is 0 Å². The fraction of sp³-hybridized carbons (Fsp3) is 0.0588. The van der Waals surface area contributed by atoms with Crippen molar-refractivity contribution >= 4 is 39.9 Å². The van der Waals surface area contributed by atoms with E-state index in [1.54, 1.807) is 25.1 Å². The third-order valence-corrected chi connectivity index (χ3v) is 3.78. The first-order valence-corrected chi connectivity index (χ1v) is 7.22. The minimum atomic E-state index is -0.777. The number of halogens is 2. The molecule has 0 saturated carbocycles. The van der Waals surface area contributed by atoms with E-state index in [9.17, 15) is 14.0 Å². The predicted octanol–water partition coefficient (Wildman–Crippen LogP) is 4.09. The molecule has 3 aromatic rings. The molecule has 23 heavy (non-hydrogen) atoms. The van der Waals surface area contributed by atoms with Crippen molar-refractivity contribution in [3.8, 4) is 0 Å². The molecule has 0 aliphatic heterocycles. The van der Waals surface area contributed by atoms with Crippen molar-refractivity contribution < 1.29 is 14.0 Å². The van der Waals surface area contributed by atoms with E-state index in [0.29, 0.717) is 21.6 Å². The summed E-state index contributed by atoms with van der Waals surface area (Å²) >= 11 is 5.90. The summed E-state index contributed by atoms with van der Waals surface area (Å²) in [5, 5.41) is 3.51. The molecule has 0 aliphatic carbocycles. The van der Waals surface area contributed by atoms with Crippen LogP contribution in [-0.2, 0) is 4.79 Å². The van der Waals surface area contributed by atoms with Gasteiger partial charge in [0.25, 0.3) is 11.7 Å². The van der Waals surface area contributed by atoms with E-state index in [1.807, 2.05) is 0 Å². The van der Waals surface area contributed by atoms with Crippen molar-refractivity contribution in [2.75, 3.05) is 5.32 Å². The molecular weight excluding hydrogens is 319 g/mol. The average molecular weight is 331 g/mol. The molecule has 0 unspecified atom stereocenters. The number of aryl methyl sites for hydroxylation is 1. The van der Waals surface area contributed by atoms with Crippen molar-refractivity contribution in [1.29, 1.82) is 0 Å². The number of nitrogens with one attached hydrogen (secondary N) is 2. The molecule has 0 saturated heterocycles. The number of anilines is 1. The normalized spacial score (nSPS) is 10.7. The van der Waals surface area contributed by atoms with E-state index < -0.39 is 17.5 Å². The quantitative estimate of drug-likeness (QED) is 0.561. The fourth-order valence-corrected chi connectivity index (χ4v) is 2.49. The first-order valence-electron chi connectivity index (χ1n) is 6.84. The highest BCUT2D eigenvalue weighted by atomic mass is 35.5. The molecule has 0 fully saturated rings. The van der Waals surface area contributed by atoms with Crippen LogP contribution in [0.1, 0.15) is 15.9 Å². The second kappa shape index (κ2) is 5.85. The highest BCUT2D eigenvalue weighted by Crippen LogP contribution is 2.22. The van der Waals surface area contributed by atoms with Crippen LogP contribution in [0.4, 0.5) is 10.1 Å². The number of H-pyrrole nitrogens is 1. The van der Waals surface area contributed by atoms with Gasteiger partial charge in [0.15, 0.2) is 0 Å². The van der Waals surface area contributed by atoms with Gasteiger partial charge in [-0.3, -0.25) is 9.59 Å². The number of fused-ring (bicyclic) bond motifs is 1. The standard InChI is InChI=1S/C17H12ClFN2O2/c1-9-2-3-10(18)6-14(9)21-17(23)16(22)13-8-20-15-7-11(19)4-5-12(13)15/h2-8,20H,1H3,(H,21,23). The molecule has 0 aliphatic rings. The lowest BCUT2D eigenvalue weighted by Gasteiger charge is -2.08. The van der Waals surface area contributed by atoms with Crippen LogP contribution in [-0.4, -0.2) is 16.7 Å². The zero-order valence-corrected chi connectivity index (χ0v) is 12.9. The van der Waals surface area contributed by atoms with Gasteiger partial charge in [-0.05, 0) is 42.8 Å². The van der Waals surface area contributed by atoms with Crippen LogP contribution in [0.2, 0.25) is 5.02 Å². The van der Waals surface area contributed by atoms with Crippen molar-refractivity contribution in [1.82, 2.24) is 4.98 Å². The van der Waals surface area contributed by atoms with E-state index in [0.717, 1.165) is 5.56 Å². The Morgan fingerprint density at radius 3 is 2.74 bits per heavy atom. The number of rotatable bonds is 3. The number of ketones is 1. The molecule has 0 spiro atoms. The maximum absolute atomic E-state index is 13.2. The maximum atomic E-state index is 13.2. The van der Waals surface area contributed by atoms with E-state index >= 15 is 0 Å². The SMILES string of the molecule is Cc1ccc(Cl)cc1NC(=O)C(=O)c1c[nH]c2cc(F)ccc12. The summed E-state index contributed by atoms with van der Waals surface area (Å²) in [7, 11) is 0. The molecule has 6 heteroatoms. The third kappa shape index (κ3) is 2.96. The summed E-state index contributed by atoms with van der Waals surface area (Å²) in [6.45, 7) is 1.80. The topological polar surface area (TPSA) is 62.0 Å². The van der Waals surface area contributed by atoms with Crippen LogP contribution >= 0.6 is 11.6 Å². The molecule has 4 nitrogen and oxygen atoms in total.